The van der Waals surface area contributed by atoms with E-state index in [-0.39, 0.29) is 0 Å². The predicted molar refractivity (Wildman–Crippen MR) is 135 cm³/mol. The second-order valence-corrected chi connectivity index (χ2v) is 8.59. The first-order valence-electron chi connectivity index (χ1n) is 11.0. The summed E-state index contributed by atoms with van der Waals surface area (Å²) < 4.78 is 11.6. The molecule has 3 aromatic heterocycles. The average molecular weight is 461 g/mol. The summed E-state index contributed by atoms with van der Waals surface area (Å²) in [5, 5.41) is 4.53. The maximum absolute atomic E-state index is 5.94. The maximum Gasteiger partial charge on any atom is 0.125 e. The number of hydrogen-bond acceptors (Lipinski definition) is 7. The number of para-hydroxylation sites is 1. The number of anilines is 1. The summed E-state index contributed by atoms with van der Waals surface area (Å²) >= 11 is 1.82. The molecule has 4 rings (SSSR count). The van der Waals surface area contributed by atoms with Gasteiger partial charge in [0.1, 0.15) is 12.4 Å². The topological polar surface area (TPSA) is 69.2 Å². The first-order chi connectivity index (χ1) is 16.3. The second kappa shape index (κ2) is 12.2. The molecule has 7 heteroatoms. The Morgan fingerprint density at radius 1 is 0.909 bits per heavy atom. The van der Waals surface area contributed by atoms with E-state index in [1.807, 2.05) is 73.5 Å². The number of nitrogens with zero attached hydrogens (tertiary/aromatic N) is 3. The number of thioether (sulfide) groups is 1. The van der Waals surface area contributed by atoms with Crippen LogP contribution >= 0.6 is 11.8 Å². The molecule has 0 aliphatic carbocycles. The molecular formula is C26H28N4O2S. The molecule has 3 heterocycles. The maximum atomic E-state index is 5.94. The minimum atomic E-state index is 0.511. The zero-order valence-corrected chi connectivity index (χ0v) is 19.6. The molecule has 0 unspecified atom stereocenters. The van der Waals surface area contributed by atoms with Gasteiger partial charge in [0.05, 0.1) is 48.5 Å². The molecule has 33 heavy (non-hydrogen) atoms. The van der Waals surface area contributed by atoms with Crippen molar-refractivity contribution in [3.63, 3.8) is 0 Å². The summed E-state index contributed by atoms with van der Waals surface area (Å²) in [5.74, 6) is 2.68. The van der Waals surface area contributed by atoms with Crippen molar-refractivity contribution in [2.45, 2.75) is 19.2 Å². The van der Waals surface area contributed by atoms with Gasteiger partial charge in [-0.2, -0.15) is 11.8 Å². The smallest absolute Gasteiger partial charge is 0.125 e. The number of pyridine rings is 3. The molecule has 4 aromatic rings. The molecule has 0 saturated heterocycles. The van der Waals surface area contributed by atoms with E-state index in [2.05, 4.69) is 32.4 Å². The SMILES string of the molecule is Cc1c(OCCOCCSCc2ccccn2)ccnc1CNc1cnc2ccccc2c1. The lowest BCUT2D eigenvalue weighted by atomic mass is 10.2. The van der Waals surface area contributed by atoms with E-state index in [9.17, 15) is 0 Å². The molecule has 0 atom stereocenters. The number of fused-ring (bicyclic) bond motifs is 1. The fraction of sp³-hybridized carbons (Fsp3) is 0.269. The molecule has 1 aromatic carbocycles. The summed E-state index contributed by atoms with van der Waals surface area (Å²) in [5.41, 5.74) is 5.04. The van der Waals surface area contributed by atoms with Crippen molar-refractivity contribution in [3.05, 3.63) is 90.1 Å². The molecule has 0 saturated carbocycles. The molecule has 0 bridgehead atoms. The van der Waals surface area contributed by atoms with Crippen LogP contribution in [0.4, 0.5) is 5.69 Å². The zero-order chi connectivity index (χ0) is 22.7. The van der Waals surface area contributed by atoms with Gasteiger partial charge in [-0.25, -0.2) is 0 Å². The van der Waals surface area contributed by atoms with Crippen molar-refractivity contribution in [1.82, 2.24) is 15.0 Å². The van der Waals surface area contributed by atoms with E-state index in [1.54, 1.807) is 6.20 Å². The molecule has 0 aliphatic rings. The van der Waals surface area contributed by atoms with Crippen LogP contribution < -0.4 is 10.1 Å². The number of aromatic nitrogens is 3. The van der Waals surface area contributed by atoms with Gasteiger partial charge in [-0.05, 0) is 37.3 Å². The van der Waals surface area contributed by atoms with Gasteiger partial charge in [0.15, 0.2) is 0 Å². The van der Waals surface area contributed by atoms with Crippen LogP contribution in [0, 0.1) is 6.92 Å². The third-order valence-electron chi connectivity index (χ3n) is 5.14. The summed E-state index contributed by atoms with van der Waals surface area (Å²) in [6.07, 6.45) is 5.46. The fourth-order valence-corrected chi connectivity index (χ4v) is 4.10. The minimum Gasteiger partial charge on any atom is -0.491 e. The van der Waals surface area contributed by atoms with Crippen LogP contribution in [-0.4, -0.2) is 40.5 Å². The Morgan fingerprint density at radius 2 is 1.82 bits per heavy atom. The number of rotatable bonds is 12. The summed E-state index contributed by atoms with van der Waals surface area (Å²) in [4.78, 5) is 13.3. The third kappa shape index (κ3) is 6.91. The van der Waals surface area contributed by atoms with Crippen LogP contribution in [0.3, 0.4) is 0 Å². The zero-order valence-electron chi connectivity index (χ0n) is 18.7. The summed E-state index contributed by atoms with van der Waals surface area (Å²) in [6, 6.07) is 18.1. The molecule has 0 spiro atoms. The quantitative estimate of drug-likeness (QED) is 0.289. The summed E-state index contributed by atoms with van der Waals surface area (Å²) in [7, 11) is 0. The molecular weight excluding hydrogens is 432 g/mol. The fourth-order valence-electron chi connectivity index (χ4n) is 3.34. The van der Waals surface area contributed by atoms with Gasteiger partial charge in [-0.15, -0.1) is 0 Å². The highest BCUT2D eigenvalue weighted by Crippen LogP contribution is 2.21. The van der Waals surface area contributed by atoms with Gasteiger partial charge in [-0.3, -0.25) is 15.0 Å². The van der Waals surface area contributed by atoms with Crippen LogP contribution in [0.25, 0.3) is 10.9 Å². The average Bonchev–Trinajstić information content (AvgIpc) is 2.86. The molecule has 0 aliphatic heterocycles. The highest BCUT2D eigenvalue weighted by Gasteiger charge is 2.07. The minimum absolute atomic E-state index is 0.511. The van der Waals surface area contributed by atoms with Crippen LogP contribution in [0.2, 0.25) is 0 Å². The molecule has 0 fully saturated rings. The van der Waals surface area contributed by atoms with Gasteiger partial charge in [0.2, 0.25) is 0 Å². The predicted octanol–water partition coefficient (Wildman–Crippen LogP) is 5.27. The van der Waals surface area contributed by atoms with Gasteiger partial charge in [-0.1, -0.05) is 24.3 Å². The van der Waals surface area contributed by atoms with Gasteiger partial charge in [0, 0.05) is 34.8 Å². The van der Waals surface area contributed by atoms with Crippen LogP contribution in [0.15, 0.2) is 73.2 Å². The molecule has 170 valence electrons. The van der Waals surface area contributed by atoms with Crippen molar-refractivity contribution < 1.29 is 9.47 Å². The van der Waals surface area contributed by atoms with E-state index in [0.717, 1.165) is 50.8 Å². The number of ether oxygens (including phenoxy) is 2. The van der Waals surface area contributed by atoms with Crippen LogP contribution in [0.1, 0.15) is 17.0 Å². The van der Waals surface area contributed by atoms with Crippen LogP contribution in [-0.2, 0) is 17.0 Å². The van der Waals surface area contributed by atoms with Gasteiger partial charge >= 0.3 is 0 Å². The normalized spacial score (nSPS) is 10.9. The molecule has 1 N–H and O–H groups in total. The van der Waals surface area contributed by atoms with E-state index in [0.29, 0.717) is 26.4 Å². The molecule has 0 radical (unpaired) electrons. The van der Waals surface area contributed by atoms with Crippen molar-refractivity contribution in [3.8, 4) is 5.75 Å². The Morgan fingerprint density at radius 3 is 2.73 bits per heavy atom. The van der Waals surface area contributed by atoms with Crippen molar-refractivity contribution in [2.24, 2.45) is 0 Å². The third-order valence-corrected chi connectivity index (χ3v) is 6.10. The van der Waals surface area contributed by atoms with E-state index in [1.165, 1.54) is 0 Å². The lowest BCUT2D eigenvalue weighted by molar-refractivity contribution is 0.111. The monoisotopic (exact) mass is 460 g/mol. The lowest BCUT2D eigenvalue weighted by Crippen LogP contribution is -2.11. The second-order valence-electron chi connectivity index (χ2n) is 7.49. The van der Waals surface area contributed by atoms with E-state index < -0.39 is 0 Å². The number of hydrogen-bond donors (Lipinski definition) is 1. The van der Waals surface area contributed by atoms with Crippen molar-refractivity contribution >= 4 is 28.4 Å². The number of nitrogens with one attached hydrogen (secondary N) is 1. The highest BCUT2D eigenvalue weighted by atomic mass is 32.2. The summed E-state index contributed by atoms with van der Waals surface area (Å²) in [6.45, 7) is 4.41. The Hall–Kier alpha value is -3.16. The standard InChI is InChI=1S/C26H28N4O2S/c1-20-25(18-29-23-16-21-6-2-3-8-24(21)30-17-23)28-11-9-26(20)32-13-12-31-14-15-33-19-22-7-4-5-10-27-22/h2-11,16-17,29H,12-15,18-19H2,1H3. The van der Waals surface area contributed by atoms with Gasteiger partial charge in [0.25, 0.3) is 0 Å². The number of benzene rings is 1. The first kappa shape index (κ1) is 23.0. The Bertz CT molecular complexity index is 1160. The van der Waals surface area contributed by atoms with Gasteiger partial charge < -0.3 is 14.8 Å². The lowest BCUT2D eigenvalue weighted by Gasteiger charge is -2.13. The van der Waals surface area contributed by atoms with E-state index in [4.69, 9.17) is 9.47 Å². The van der Waals surface area contributed by atoms with Crippen molar-refractivity contribution in [1.29, 1.82) is 0 Å². The Labute approximate surface area is 198 Å². The van der Waals surface area contributed by atoms with E-state index >= 15 is 0 Å². The van der Waals surface area contributed by atoms with Crippen molar-refractivity contribution in [2.75, 3.05) is 30.9 Å². The Kier molecular flexibility index (Phi) is 8.49. The van der Waals surface area contributed by atoms with Crippen LogP contribution in [0.5, 0.6) is 5.75 Å². The largest absolute Gasteiger partial charge is 0.491 e. The first-order valence-corrected chi connectivity index (χ1v) is 12.2. The molecule has 6 nitrogen and oxygen atoms in total. The Balaban J connectivity index is 1.17. The molecule has 0 amide bonds. The highest BCUT2D eigenvalue weighted by molar-refractivity contribution is 7.98.